The molecule has 2 N–H and O–H groups in total. The smallest absolute Gasteiger partial charge is 0.0819 e. The molecular weight excluding hydrogens is 256 g/mol. The van der Waals surface area contributed by atoms with Crippen LogP contribution in [0.1, 0.15) is 5.56 Å². The summed E-state index contributed by atoms with van der Waals surface area (Å²) in [5.41, 5.74) is 8.61. The average molecular weight is 274 g/mol. The lowest BCUT2D eigenvalue weighted by molar-refractivity contribution is 0.0572. The molecule has 0 aliphatic carbocycles. The summed E-state index contributed by atoms with van der Waals surface area (Å²) in [5.74, 6) is 2.09. The van der Waals surface area contributed by atoms with Crippen LogP contribution in [-0.4, -0.2) is 35.2 Å². The Kier molecular flexibility index (Phi) is 4.01. The molecule has 0 radical (unpaired) electrons. The maximum atomic E-state index is 6.31. The van der Waals surface area contributed by atoms with Gasteiger partial charge in [-0.05, 0) is 24.1 Å². The van der Waals surface area contributed by atoms with E-state index in [1.54, 1.807) is 0 Å². The zero-order valence-electron chi connectivity index (χ0n) is 10.8. The molecule has 3 nitrogen and oxygen atoms in total. The number of nitrogens with two attached hydrogens (primary N) is 1. The molecule has 3 rings (SSSR count). The monoisotopic (exact) mass is 274 g/mol. The summed E-state index contributed by atoms with van der Waals surface area (Å²) in [6, 6.07) is 10.3. The number of hydrogen-bond donors (Lipinski definition) is 1. The van der Waals surface area contributed by atoms with Gasteiger partial charge in [-0.2, -0.15) is 11.8 Å². The summed E-state index contributed by atoms with van der Waals surface area (Å²) >= 11 is 1.93. The lowest BCUT2D eigenvalue weighted by atomic mass is 9.99. The molecule has 0 bridgehead atoms. The molecule has 0 saturated carbocycles. The third-order valence-electron chi connectivity index (χ3n) is 3.51. The Morgan fingerprint density at radius 1 is 1.37 bits per heavy atom. The van der Waals surface area contributed by atoms with Gasteiger partial charge in [-0.1, -0.05) is 18.2 Å². The minimum atomic E-state index is 0.0543. The average Bonchev–Trinajstić information content (AvgIpc) is 2.48. The van der Waals surface area contributed by atoms with Crippen molar-refractivity contribution in [1.29, 1.82) is 0 Å². The predicted octanol–water partition coefficient (Wildman–Crippen LogP) is 2.24. The number of rotatable bonds is 3. The second-order valence-corrected chi connectivity index (χ2v) is 5.99. The molecule has 2 atom stereocenters. The number of aromatic nitrogens is 1. The lowest BCUT2D eigenvalue weighted by Crippen LogP contribution is -2.42. The van der Waals surface area contributed by atoms with Crippen LogP contribution in [0.25, 0.3) is 10.9 Å². The highest BCUT2D eigenvalue weighted by Crippen LogP contribution is 2.21. The van der Waals surface area contributed by atoms with Crippen LogP contribution in [0, 0.1) is 0 Å². The van der Waals surface area contributed by atoms with Crippen molar-refractivity contribution < 1.29 is 4.74 Å². The Hall–Kier alpha value is -1.10. The fraction of sp³-hybridized carbons (Fsp3) is 0.400. The zero-order valence-corrected chi connectivity index (χ0v) is 11.6. The highest BCUT2D eigenvalue weighted by Gasteiger charge is 2.22. The fourth-order valence-electron chi connectivity index (χ4n) is 2.47. The Morgan fingerprint density at radius 3 is 3.11 bits per heavy atom. The number of benzene rings is 1. The van der Waals surface area contributed by atoms with E-state index < -0.39 is 0 Å². The van der Waals surface area contributed by atoms with Gasteiger partial charge in [-0.3, -0.25) is 4.98 Å². The molecule has 0 amide bonds. The van der Waals surface area contributed by atoms with Crippen molar-refractivity contribution in [3.8, 4) is 0 Å². The zero-order chi connectivity index (χ0) is 13.1. The first-order chi connectivity index (χ1) is 9.34. The molecular formula is C15H18N2OS. The minimum Gasteiger partial charge on any atom is -0.375 e. The summed E-state index contributed by atoms with van der Waals surface area (Å²) in [5, 5.41) is 1.20. The molecule has 100 valence electrons. The summed E-state index contributed by atoms with van der Waals surface area (Å²) < 4.78 is 5.76. The number of nitrogens with zero attached hydrogens (tertiary/aromatic N) is 1. The van der Waals surface area contributed by atoms with Crippen molar-refractivity contribution in [2.24, 2.45) is 5.73 Å². The molecule has 2 aromatic rings. The van der Waals surface area contributed by atoms with Gasteiger partial charge in [0.25, 0.3) is 0 Å². The summed E-state index contributed by atoms with van der Waals surface area (Å²) in [7, 11) is 0. The van der Waals surface area contributed by atoms with E-state index in [1.165, 1.54) is 10.9 Å². The lowest BCUT2D eigenvalue weighted by Gasteiger charge is -2.27. The van der Waals surface area contributed by atoms with Gasteiger partial charge in [-0.25, -0.2) is 0 Å². The number of pyridine rings is 1. The van der Waals surface area contributed by atoms with Crippen molar-refractivity contribution in [2.75, 3.05) is 18.1 Å². The number of para-hydroxylation sites is 1. The van der Waals surface area contributed by atoms with Gasteiger partial charge in [0, 0.05) is 29.1 Å². The van der Waals surface area contributed by atoms with Crippen LogP contribution < -0.4 is 5.73 Å². The summed E-state index contributed by atoms with van der Waals surface area (Å²) in [6.07, 6.45) is 2.88. The van der Waals surface area contributed by atoms with Crippen molar-refractivity contribution in [1.82, 2.24) is 4.98 Å². The van der Waals surface area contributed by atoms with E-state index in [1.807, 2.05) is 36.2 Å². The first kappa shape index (κ1) is 12.9. The molecule has 2 unspecified atom stereocenters. The van der Waals surface area contributed by atoms with Crippen LogP contribution in [-0.2, 0) is 11.2 Å². The molecule has 1 aromatic carbocycles. The molecule has 1 saturated heterocycles. The van der Waals surface area contributed by atoms with E-state index in [0.29, 0.717) is 0 Å². The highest BCUT2D eigenvalue weighted by atomic mass is 32.2. The van der Waals surface area contributed by atoms with Gasteiger partial charge in [0.1, 0.15) is 0 Å². The second-order valence-electron chi connectivity index (χ2n) is 4.84. The SMILES string of the molecule is NC(Cc1ccnc2ccccc12)C1CSCCO1. The topological polar surface area (TPSA) is 48.1 Å². The quantitative estimate of drug-likeness (QED) is 0.932. The summed E-state index contributed by atoms with van der Waals surface area (Å²) in [4.78, 5) is 4.39. The van der Waals surface area contributed by atoms with Crippen molar-refractivity contribution in [3.63, 3.8) is 0 Å². The van der Waals surface area contributed by atoms with Gasteiger partial charge in [0.2, 0.25) is 0 Å². The third-order valence-corrected chi connectivity index (χ3v) is 4.53. The first-order valence-corrected chi connectivity index (χ1v) is 7.77. The molecule has 1 aromatic heterocycles. The number of ether oxygens (including phenoxy) is 1. The number of hydrogen-bond acceptors (Lipinski definition) is 4. The molecule has 0 spiro atoms. The highest BCUT2D eigenvalue weighted by molar-refractivity contribution is 7.99. The maximum absolute atomic E-state index is 6.31. The first-order valence-electron chi connectivity index (χ1n) is 6.62. The van der Waals surface area contributed by atoms with E-state index in [0.717, 1.165) is 30.1 Å². The van der Waals surface area contributed by atoms with Crippen LogP contribution in [0.4, 0.5) is 0 Å². The van der Waals surface area contributed by atoms with Crippen molar-refractivity contribution in [3.05, 3.63) is 42.1 Å². The van der Waals surface area contributed by atoms with Gasteiger partial charge in [0.15, 0.2) is 0 Å². The second kappa shape index (κ2) is 5.90. The Morgan fingerprint density at radius 2 is 2.26 bits per heavy atom. The van der Waals surface area contributed by atoms with Crippen molar-refractivity contribution in [2.45, 2.75) is 18.6 Å². The van der Waals surface area contributed by atoms with Crippen LogP contribution in [0.3, 0.4) is 0 Å². The molecule has 1 aliphatic heterocycles. The predicted molar refractivity (Wildman–Crippen MR) is 80.5 cm³/mol. The van der Waals surface area contributed by atoms with Gasteiger partial charge < -0.3 is 10.5 Å². The molecule has 4 heteroatoms. The molecule has 2 heterocycles. The van der Waals surface area contributed by atoms with Gasteiger partial charge >= 0.3 is 0 Å². The Balaban J connectivity index is 1.80. The van der Waals surface area contributed by atoms with Crippen LogP contribution in [0.5, 0.6) is 0 Å². The number of fused-ring (bicyclic) bond motifs is 1. The Bertz CT molecular complexity index is 549. The molecule has 19 heavy (non-hydrogen) atoms. The van der Waals surface area contributed by atoms with Crippen LogP contribution in [0.15, 0.2) is 36.5 Å². The summed E-state index contributed by atoms with van der Waals surface area (Å²) in [6.45, 7) is 0.820. The van der Waals surface area contributed by atoms with E-state index >= 15 is 0 Å². The van der Waals surface area contributed by atoms with Crippen LogP contribution >= 0.6 is 11.8 Å². The molecule has 1 aliphatic rings. The minimum absolute atomic E-state index is 0.0543. The van der Waals surface area contributed by atoms with E-state index in [4.69, 9.17) is 10.5 Å². The number of thioether (sulfide) groups is 1. The standard InChI is InChI=1S/C15H18N2OS/c16-13(15-10-19-8-7-18-15)9-11-5-6-17-14-4-2-1-3-12(11)14/h1-6,13,15H,7-10,16H2. The largest absolute Gasteiger partial charge is 0.375 e. The van der Waals surface area contributed by atoms with Crippen LogP contribution in [0.2, 0.25) is 0 Å². The fourth-order valence-corrected chi connectivity index (χ4v) is 3.43. The van der Waals surface area contributed by atoms with Gasteiger partial charge in [0.05, 0.1) is 18.2 Å². The van der Waals surface area contributed by atoms with E-state index in [9.17, 15) is 0 Å². The van der Waals surface area contributed by atoms with E-state index in [2.05, 4.69) is 17.1 Å². The van der Waals surface area contributed by atoms with E-state index in [-0.39, 0.29) is 12.1 Å². The third kappa shape index (κ3) is 2.91. The normalized spacial score (nSPS) is 21.4. The van der Waals surface area contributed by atoms with Crippen molar-refractivity contribution >= 4 is 22.7 Å². The molecule has 1 fully saturated rings. The van der Waals surface area contributed by atoms with Gasteiger partial charge in [-0.15, -0.1) is 0 Å². The maximum Gasteiger partial charge on any atom is 0.0819 e. The Labute approximate surface area is 117 Å².